The Bertz CT molecular complexity index is 534. The highest BCUT2D eigenvalue weighted by atomic mass is 35.5. The molecule has 1 aromatic carbocycles. The van der Waals surface area contributed by atoms with E-state index in [2.05, 4.69) is 10.6 Å². The van der Waals surface area contributed by atoms with Gasteiger partial charge >= 0.3 is 0 Å². The summed E-state index contributed by atoms with van der Waals surface area (Å²) >= 11 is 0. The van der Waals surface area contributed by atoms with Crippen LogP contribution in [-0.2, 0) is 9.59 Å². The predicted octanol–water partition coefficient (Wildman–Crippen LogP) is 2.44. The Morgan fingerprint density at radius 1 is 1.24 bits per heavy atom. The molecule has 2 unspecified atom stereocenters. The Morgan fingerprint density at radius 2 is 1.95 bits per heavy atom. The van der Waals surface area contributed by atoms with Crippen LogP contribution in [0.1, 0.15) is 31.7 Å². The van der Waals surface area contributed by atoms with Crippen LogP contribution >= 0.6 is 12.4 Å². The molecule has 0 aromatic heterocycles. The van der Waals surface area contributed by atoms with Crippen molar-refractivity contribution in [1.29, 1.82) is 0 Å². The molecule has 116 valence electrons. The second-order valence-corrected chi connectivity index (χ2v) is 5.47. The van der Waals surface area contributed by atoms with E-state index in [0.29, 0.717) is 5.69 Å². The van der Waals surface area contributed by atoms with Crippen LogP contribution in [0.25, 0.3) is 0 Å². The molecule has 5 nitrogen and oxygen atoms in total. The number of nitrogens with one attached hydrogen (secondary N) is 2. The number of carbonyl (C=O) groups excluding carboxylic acids is 2. The fourth-order valence-electron chi connectivity index (χ4n) is 2.52. The first kappa shape index (κ1) is 17.5. The third kappa shape index (κ3) is 4.72. The van der Waals surface area contributed by atoms with E-state index < -0.39 is 0 Å². The molecule has 4 N–H and O–H groups in total. The molecule has 1 aliphatic rings. The number of nitrogens with two attached hydrogens (primary N) is 1. The lowest BCUT2D eigenvalue weighted by Gasteiger charge is -2.13. The average molecular weight is 312 g/mol. The number of amides is 2. The van der Waals surface area contributed by atoms with Gasteiger partial charge in [-0.15, -0.1) is 12.4 Å². The largest absolute Gasteiger partial charge is 0.328 e. The maximum absolute atomic E-state index is 12.1. The van der Waals surface area contributed by atoms with E-state index in [-0.39, 0.29) is 36.2 Å². The molecule has 2 rings (SSSR count). The molecule has 0 aliphatic heterocycles. The van der Waals surface area contributed by atoms with Gasteiger partial charge in [0.05, 0.1) is 0 Å². The zero-order valence-electron chi connectivity index (χ0n) is 12.3. The fourth-order valence-corrected chi connectivity index (χ4v) is 2.52. The molecule has 21 heavy (non-hydrogen) atoms. The summed E-state index contributed by atoms with van der Waals surface area (Å²) in [6.07, 6.45) is 2.50. The lowest BCUT2D eigenvalue weighted by atomic mass is 10.1. The Kier molecular flexibility index (Phi) is 6.18. The zero-order valence-corrected chi connectivity index (χ0v) is 13.1. The molecule has 0 heterocycles. The van der Waals surface area contributed by atoms with Crippen molar-refractivity contribution in [2.45, 2.75) is 39.2 Å². The van der Waals surface area contributed by atoms with Gasteiger partial charge < -0.3 is 16.4 Å². The first-order valence-corrected chi connectivity index (χ1v) is 6.90. The van der Waals surface area contributed by atoms with Crippen molar-refractivity contribution in [3.05, 3.63) is 23.8 Å². The number of aryl methyl sites for hydroxylation is 1. The number of anilines is 2. The molecule has 0 saturated heterocycles. The molecule has 0 radical (unpaired) electrons. The lowest BCUT2D eigenvalue weighted by Crippen LogP contribution is -2.23. The number of benzene rings is 1. The molecule has 1 aliphatic carbocycles. The Labute approximate surface area is 131 Å². The Hall–Kier alpha value is -1.59. The van der Waals surface area contributed by atoms with Crippen LogP contribution in [-0.4, -0.2) is 17.9 Å². The maximum Gasteiger partial charge on any atom is 0.227 e. The minimum absolute atomic E-state index is 0. The molecular weight excluding hydrogens is 290 g/mol. The first-order chi connectivity index (χ1) is 9.45. The number of hydrogen-bond donors (Lipinski definition) is 3. The molecule has 2 atom stereocenters. The lowest BCUT2D eigenvalue weighted by molar-refractivity contribution is -0.119. The minimum atomic E-state index is -0.127. The number of hydrogen-bond acceptors (Lipinski definition) is 3. The Morgan fingerprint density at radius 3 is 2.52 bits per heavy atom. The van der Waals surface area contributed by atoms with Crippen LogP contribution in [0.15, 0.2) is 18.2 Å². The van der Waals surface area contributed by atoms with Crippen molar-refractivity contribution in [1.82, 2.24) is 0 Å². The van der Waals surface area contributed by atoms with Crippen molar-refractivity contribution in [3.63, 3.8) is 0 Å². The van der Waals surface area contributed by atoms with Gasteiger partial charge in [-0.1, -0.05) is 6.07 Å². The van der Waals surface area contributed by atoms with Crippen molar-refractivity contribution in [3.8, 4) is 0 Å². The second-order valence-electron chi connectivity index (χ2n) is 5.47. The van der Waals surface area contributed by atoms with Crippen LogP contribution in [0.3, 0.4) is 0 Å². The van der Waals surface area contributed by atoms with Gasteiger partial charge in [0.2, 0.25) is 11.8 Å². The first-order valence-electron chi connectivity index (χ1n) is 6.90. The van der Waals surface area contributed by atoms with E-state index in [1.54, 1.807) is 6.07 Å². The van der Waals surface area contributed by atoms with E-state index in [0.717, 1.165) is 30.5 Å². The van der Waals surface area contributed by atoms with E-state index >= 15 is 0 Å². The molecule has 1 aromatic rings. The van der Waals surface area contributed by atoms with E-state index in [1.807, 2.05) is 19.1 Å². The van der Waals surface area contributed by atoms with Gasteiger partial charge in [0, 0.05) is 30.3 Å². The third-order valence-corrected chi connectivity index (χ3v) is 3.66. The van der Waals surface area contributed by atoms with Crippen molar-refractivity contribution >= 4 is 35.6 Å². The summed E-state index contributed by atoms with van der Waals surface area (Å²) in [5, 5.41) is 5.65. The summed E-state index contributed by atoms with van der Waals surface area (Å²) < 4.78 is 0. The predicted molar refractivity (Wildman–Crippen MR) is 86.7 cm³/mol. The van der Waals surface area contributed by atoms with Gasteiger partial charge in [-0.3, -0.25) is 9.59 Å². The summed E-state index contributed by atoms with van der Waals surface area (Å²) in [4.78, 5) is 23.3. The quantitative estimate of drug-likeness (QED) is 0.801. The number of rotatable bonds is 3. The highest BCUT2D eigenvalue weighted by molar-refractivity contribution is 5.95. The number of halogens is 1. The van der Waals surface area contributed by atoms with Gasteiger partial charge in [-0.2, -0.15) is 0 Å². The molecule has 2 amide bonds. The van der Waals surface area contributed by atoms with Crippen LogP contribution in [0.5, 0.6) is 0 Å². The zero-order chi connectivity index (χ0) is 14.7. The Balaban J connectivity index is 0.00000220. The van der Waals surface area contributed by atoms with Crippen molar-refractivity contribution < 1.29 is 9.59 Å². The van der Waals surface area contributed by atoms with Crippen LogP contribution in [0.2, 0.25) is 0 Å². The molecular formula is C15H22ClN3O2. The SMILES string of the molecule is CC(=O)Nc1cc(NC(=O)C2CCC(N)C2)ccc1C.Cl. The average Bonchev–Trinajstić information content (AvgIpc) is 2.79. The maximum atomic E-state index is 12.1. The second kappa shape index (κ2) is 7.43. The van der Waals surface area contributed by atoms with E-state index in [1.165, 1.54) is 6.92 Å². The molecule has 1 saturated carbocycles. The van der Waals surface area contributed by atoms with Gasteiger partial charge in [0.25, 0.3) is 0 Å². The minimum Gasteiger partial charge on any atom is -0.328 e. The van der Waals surface area contributed by atoms with Gasteiger partial charge in [-0.25, -0.2) is 0 Å². The topological polar surface area (TPSA) is 84.2 Å². The highest BCUT2D eigenvalue weighted by Gasteiger charge is 2.27. The fraction of sp³-hybridized carbons (Fsp3) is 0.467. The third-order valence-electron chi connectivity index (χ3n) is 3.66. The molecule has 0 bridgehead atoms. The molecule has 0 spiro atoms. The summed E-state index contributed by atoms with van der Waals surface area (Å²) in [7, 11) is 0. The molecule has 6 heteroatoms. The molecule has 1 fully saturated rings. The standard InChI is InChI=1S/C15H21N3O2.ClH/c1-9-3-6-13(8-14(9)17-10(2)19)18-15(20)11-4-5-12(16)7-11;/h3,6,8,11-12H,4-5,7,16H2,1-2H3,(H,17,19)(H,18,20);1H. The van der Waals surface area contributed by atoms with Gasteiger partial charge in [0.15, 0.2) is 0 Å². The smallest absolute Gasteiger partial charge is 0.227 e. The van der Waals surface area contributed by atoms with E-state index in [4.69, 9.17) is 5.73 Å². The normalized spacial score (nSPS) is 20.5. The van der Waals surface area contributed by atoms with Crippen LogP contribution in [0.4, 0.5) is 11.4 Å². The summed E-state index contributed by atoms with van der Waals surface area (Å²) in [6.45, 7) is 3.37. The number of carbonyl (C=O) groups is 2. The van der Waals surface area contributed by atoms with Gasteiger partial charge in [0.1, 0.15) is 0 Å². The van der Waals surface area contributed by atoms with Crippen LogP contribution < -0.4 is 16.4 Å². The van der Waals surface area contributed by atoms with E-state index in [9.17, 15) is 9.59 Å². The summed E-state index contributed by atoms with van der Waals surface area (Å²) in [6, 6.07) is 5.64. The van der Waals surface area contributed by atoms with Gasteiger partial charge in [-0.05, 0) is 43.9 Å². The van der Waals surface area contributed by atoms with Crippen LogP contribution in [0, 0.1) is 12.8 Å². The van der Waals surface area contributed by atoms with Crippen molar-refractivity contribution in [2.24, 2.45) is 11.7 Å². The summed E-state index contributed by atoms with van der Waals surface area (Å²) in [5.41, 5.74) is 8.21. The summed E-state index contributed by atoms with van der Waals surface area (Å²) in [5.74, 6) is -0.121. The highest BCUT2D eigenvalue weighted by Crippen LogP contribution is 2.26. The van der Waals surface area contributed by atoms with Crippen molar-refractivity contribution in [2.75, 3.05) is 10.6 Å². The monoisotopic (exact) mass is 311 g/mol.